The van der Waals surface area contributed by atoms with E-state index in [1.54, 1.807) is 0 Å². The van der Waals surface area contributed by atoms with E-state index in [9.17, 15) is 0 Å². The summed E-state index contributed by atoms with van der Waals surface area (Å²) in [5.74, 6) is 0.989. The first-order valence-electron chi connectivity index (χ1n) is 8.25. The molecule has 0 aliphatic heterocycles. The minimum Gasteiger partial charge on any atom is -0.494 e. The summed E-state index contributed by atoms with van der Waals surface area (Å²) in [5, 5.41) is 8.78. The molecule has 0 fully saturated rings. The van der Waals surface area contributed by atoms with E-state index in [0.717, 1.165) is 31.6 Å². The normalized spacial score (nSPS) is 19.1. The monoisotopic (exact) mass is 290 g/mol. The lowest BCUT2D eigenvalue weighted by Crippen LogP contribution is -2.33. The van der Waals surface area contributed by atoms with Gasteiger partial charge in [0.2, 0.25) is 0 Å². The Bertz CT molecular complexity index is 474. The van der Waals surface area contributed by atoms with Crippen LogP contribution in [-0.2, 0) is 10.8 Å². The standard InChI is InChI=1S/C19H30O2/c1-18(2)10-11-19(3,4)17-14-15(8-9-16(17)18)21-13-7-5-6-12-20/h8-9,14,20H,5-7,10-13H2,1-4H3. The molecule has 118 valence electrons. The first-order chi connectivity index (χ1) is 9.87. The fraction of sp³-hybridized carbons (Fsp3) is 0.684. The van der Waals surface area contributed by atoms with E-state index in [-0.39, 0.29) is 17.4 Å². The van der Waals surface area contributed by atoms with Crippen LogP contribution >= 0.6 is 0 Å². The summed E-state index contributed by atoms with van der Waals surface area (Å²) in [4.78, 5) is 0. The third-order valence-corrected chi connectivity index (χ3v) is 4.90. The lowest BCUT2D eigenvalue weighted by molar-refractivity contribution is 0.265. The molecular weight excluding hydrogens is 260 g/mol. The highest BCUT2D eigenvalue weighted by atomic mass is 16.5. The van der Waals surface area contributed by atoms with Crippen LogP contribution in [0.25, 0.3) is 0 Å². The lowest BCUT2D eigenvalue weighted by Gasteiger charge is -2.41. The van der Waals surface area contributed by atoms with E-state index in [4.69, 9.17) is 9.84 Å². The molecule has 0 saturated heterocycles. The maximum Gasteiger partial charge on any atom is 0.119 e. The second kappa shape index (κ2) is 6.39. The third-order valence-electron chi connectivity index (χ3n) is 4.90. The van der Waals surface area contributed by atoms with Crippen molar-refractivity contribution in [2.75, 3.05) is 13.2 Å². The van der Waals surface area contributed by atoms with Crippen molar-refractivity contribution in [2.45, 2.75) is 70.6 Å². The Hall–Kier alpha value is -1.02. The zero-order valence-electron chi connectivity index (χ0n) is 14.0. The van der Waals surface area contributed by atoms with Gasteiger partial charge in [0.1, 0.15) is 5.75 Å². The first-order valence-corrected chi connectivity index (χ1v) is 8.25. The molecule has 2 nitrogen and oxygen atoms in total. The van der Waals surface area contributed by atoms with E-state index < -0.39 is 0 Å². The highest BCUT2D eigenvalue weighted by molar-refractivity contribution is 5.45. The van der Waals surface area contributed by atoms with Gasteiger partial charge in [-0.1, -0.05) is 33.8 Å². The first kappa shape index (κ1) is 16.4. The quantitative estimate of drug-likeness (QED) is 0.777. The number of hydrogen-bond acceptors (Lipinski definition) is 2. The molecule has 1 aromatic rings. The Morgan fingerprint density at radius 3 is 2.29 bits per heavy atom. The molecule has 1 aliphatic rings. The Kier molecular flexibility index (Phi) is 4.98. The van der Waals surface area contributed by atoms with Crippen LogP contribution in [0.5, 0.6) is 5.75 Å². The predicted molar refractivity (Wildman–Crippen MR) is 88.2 cm³/mol. The van der Waals surface area contributed by atoms with Gasteiger partial charge in [-0.25, -0.2) is 0 Å². The summed E-state index contributed by atoms with van der Waals surface area (Å²) < 4.78 is 5.90. The summed E-state index contributed by atoms with van der Waals surface area (Å²) in [6.07, 6.45) is 5.38. The van der Waals surface area contributed by atoms with Gasteiger partial charge in [-0.3, -0.25) is 0 Å². The Morgan fingerprint density at radius 1 is 0.952 bits per heavy atom. The fourth-order valence-electron chi connectivity index (χ4n) is 3.24. The lowest BCUT2D eigenvalue weighted by atomic mass is 9.63. The van der Waals surface area contributed by atoms with Gasteiger partial charge in [-0.2, -0.15) is 0 Å². The van der Waals surface area contributed by atoms with Crippen LogP contribution in [0, 0.1) is 0 Å². The molecule has 0 spiro atoms. The SMILES string of the molecule is CC1(C)CCC(C)(C)c2cc(OCCCCCO)ccc21. The molecule has 0 saturated carbocycles. The van der Waals surface area contributed by atoms with E-state index in [0.29, 0.717) is 0 Å². The molecule has 0 amide bonds. The smallest absolute Gasteiger partial charge is 0.119 e. The van der Waals surface area contributed by atoms with E-state index in [1.165, 1.54) is 24.0 Å². The van der Waals surface area contributed by atoms with Crippen LogP contribution < -0.4 is 4.74 Å². The van der Waals surface area contributed by atoms with Gasteiger partial charge in [-0.05, 0) is 66.2 Å². The van der Waals surface area contributed by atoms with Crippen LogP contribution in [0.2, 0.25) is 0 Å². The molecule has 1 aromatic carbocycles. The van der Waals surface area contributed by atoms with Gasteiger partial charge in [0.25, 0.3) is 0 Å². The zero-order valence-corrected chi connectivity index (χ0v) is 14.0. The minimum atomic E-state index is 0.237. The molecule has 0 atom stereocenters. The predicted octanol–water partition coefficient (Wildman–Crippen LogP) is 4.58. The summed E-state index contributed by atoms with van der Waals surface area (Å²) in [6.45, 7) is 10.4. The fourth-order valence-corrected chi connectivity index (χ4v) is 3.24. The third kappa shape index (κ3) is 3.79. The van der Waals surface area contributed by atoms with Gasteiger partial charge in [0, 0.05) is 6.61 Å². The maximum atomic E-state index is 8.78. The largest absolute Gasteiger partial charge is 0.494 e. The van der Waals surface area contributed by atoms with Crippen LogP contribution in [0.1, 0.15) is 70.9 Å². The number of aliphatic hydroxyl groups is 1. The summed E-state index contributed by atoms with van der Waals surface area (Å²) in [7, 11) is 0. The number of rotatable bonds is 6. The maximum absolute atomic E-state index is 8.78. The van der Waals surface area contributed by atoms with Gasteiger partial charge in [0.05, 0.1) is 6.61 Å². The number of ether oxygens (including phenoxy) is 1. The second-order valence-electron chi connectivity index (χ2n) is 7.61. The van der Waals surface area contributed by atoms with Crippen molar-refractivity contribution in [1.29, 1.82) is 0 Å². The van der Waals surface area contributed by atoms with Crippen molar-refractivity contribution in [3.05, 3.63) is 29.3 Å². The summed E-state index contributed by atoms with van der Waals surface area (Å²) in [6, 6.07) is 6.63. The van der Waals surface area contributed by atoms with Crippen LogP contribution in [0.3, 0.4) is 0 Å². The van der Waals surface area contributed by atoms with Crippen molar-refractivity contribution >= 4 is 0 Å². The highest BCUT2D eigenvalue weighted by Crippen LogP contribution is 2.46. The van der Waals surface area contributed by atoms with Crippen molar-refractivity contribution in [2.24, 2.45) is 0 Å². The van der Waals surface area contributed by atoms with E-state index in [1.807, 2.05) is 0 Å². The molecule has 1 N–H and O–H groups in total. The van der Waals surface area contributed by atoms with Crippen molar-refractivity contribution < 1.29 is 9.84 Å². The molecule has 0 bridgehead atoms. The molecule has 0 unspecified atom stereocenters. The molecule has 0 heterocycles. The average Bonchev–Trinajstić information content (AvgIpc) is 2.44. The van der Waals surface area contributed by atoms with Gasteiger partial charge >= 0.3 is 0 Å². The minimum absolute atomic E-state index is 0.237. The Labute approximate surface area is 129 Å². The molecule has 2 rings (SSSR count). The average molecular weight is 290 g/mol. The van der Waals surface area contributed by atoms with Crippen molar-refractivity contribution in [3.8, 4) is 5.75 Å². The Balaban J connectivity index is 2.10. The number of unbranched alkanes of at least 4 members (excludes halogenated alkanes) is 2. The summed E-state index contributed by atoms with van der Waals surface area (Å²) in [5.41, 5.74) is 3.43. The second-order valence-corrected chi connectivity index (χ2v) is 7.61. The summed E-state index contributed by atoms with van der Waals surface area (Å²) >= 11 is 0. The number of hydrogen-bond donors (Lipinski definition) is 1. The molecule has 21 heavy (non-hydrogen) atoms. The van der Waals surface area contributed by atoms with E-state index in [2.05, 4.69) is 45.9 Å². The van der Waals surface area contributed by atoms with Crippen molar-refractivity contribution in [3.63, 3.8) is 0 Å². The molecule has 0 aromatic heterocycles. The van der Waals surface area contributed by atoms with Gasteiger partial charge in [-0.15, -0.1) is 0 Å². The van der Waals surface area contributed by atoms with Gasteiger partial charge < -0.3 is 9.84 Å². The van der Waals surface area contributed by atoms with Crippen LogP contribution in [0.4, 0.5) is 0 Å². The van der Waals surface area contributed by atoms with Crippen LogP contribution in [0.15, 0.2) is 18.2 Å². The molecule has 2 heteroatoms. The van der Waals surface area contributed by atoms with Crippen LogP contribution in [-0.4, -0.2) is 18.3 Å². The topological polar surface area (TPSA) is 29.5 Å². The molecular formula is C19H30O2. The Morgan fingerprint density at radius 2 is 1.62 bits per heavy atom. The van der Waals surface area contributed by atoms with E-state index >= 15 is 0 Å². The number of aliphatic hydroxyl groups excluding tert-OH is 1. The molecule has 0 radical (unpaired) electrons. The molecule has 1 aliphatic carbocycles. The van der Waals surface area contributed by atoms with Gasteiger partial charge in [0.15, 0.2) is 0 Å². The zero-order chi connectivity index (χ0) is 15.5. The number of fused-ring (bicyclic) bond motifs is 1. The highest BCUT2D eigenvalue weighted by Gasteiger charge is 2.37. The van der Waals surface area contributed by atoms with Crippen molar-refractivity contribution in [1.82, 2.24) is 0 Å². The number of benzene rings is 1.